The highest BCUT2D eigenvalue weighted by Gasteiger charge is 2.31. The van der Waals surface area contributed by atoms with Crippen LogP contribution in [0, 0.1) is 0 Å². The number of anilines is 1. The first kappa shape index (κ1) is 22.8. The largest absolute Gasteiger partial charge is 0.496 e. The van der Waals surface area contributed by atoms with Gasteiger partial charge in [0.2, 0.25) is 0 Å². The van der Waals surface area contributed by atoms with E-state index in [4.69, 9.17) is 32.7 Å². The molecule has 3 rings (SSSR count). The smallest absolute Gasteiger partial charge is 0.416 e. The van der Waals surface area contributed by atoms with Gasteiger partial charge in [0.25, 0.3) is 5.91 Å². The highest BCUT2D eigenvalue weighted by molar-refractivity contribution is 6.34. The minimum Gasteiger partial charge on any atom is -0.496 e. The van der Waals surface area contributed by atoms with Gasteiger partial charge in [0.05, 0.1) is 23.4 Å². The molecule has 9 heteroatoms. The van der Waals surface area contributed by atoms with Crippen molar-refractivity contribution >= 4 is 34.8 Å². The van der Waals surface area contributed by atoms with Gasteiger partial charge in [-0.05, 0) is 60.7 Å². The molecular formula is C22H16Cl2F3NO3. The molecule has 0 aliphatic rings. The molecule has 1 N–H and O–H groups in total. The van der Waals surface area contributed by atoms with E-state index in [1.54, 1.807) is 30.3 Å². The lowest BCUT2D eigenvalue weighted by atomic mass is 10.1. The van der Waals surface area contributed by atoms with Crippen molar-refractivity contribution in [1.29, 1.82) is 0 Å². The van der Waals surface area contributed by atoms with Gasteiger partial charge in [0.15, 0.2) is 0 Å². The molecule has 0 saturated carbocycles. The maximum absolute atomic E-state index is 13.0. The molecule has 0 bridgehead atoms. The first-order valence-corrected chi connectivity index (χ1v) is 9.66. The third-order valence-electron chi connectivity index (χ3n) is 4.29. The van der Waals surface area contributed by atoms with E-state index in [-0.39, 0.29) is 22.9 Å². The summed E-state index contributed by atoms with van der Waals surface area (Å²) in [4.78, 5) is 12.6. The van der Waals surface area contributed by atoms with Crippen molar-refractivity contribution in [2.45, 2.75) is 12.8 Å². The Hall–Kier alpha value is -2.90. The molecular weight excluding hydrogens is 454 g/mol. The summed E-state index contributed by atoms with van der Waals surface area (Å²) in [5.74, 6) is 0.427. The van der Waals surface area contributed by atoms with Crippen LogP contribution in [0.25, 0.3) is 0 Å². The van der Waals surface area contributed by atoms with E-state index in [1.807, 2.05) is 0 Å². The molecule has 3 aromatic carbocycles. The summed E-state index contributed by atoms with van der Waals surface area (Å²) in [7, 11) is 1.48. The molecule has 0 radical (unpaired) electrons. The summed E-state index contributed by atoms with van der Waals surface area (Å²) in [5.41, 5.74) is -0.292. The highest BCUT2D eigenvalue weighted by atomic mass is 35.5. The fourth-order valence-corrected chi connectivity index (χ4v) is 3.01. The zero-order valence-electron chi connectivity index (χ0n) is 16.1. The number of ether oxygens (including phenoxy) is 2. The topological polar surface area (TPSA) is 47.6 Å². The van der Waals surface area contributed by atoms with Crippen molar-refractivity contribution in [3.8, 4) is 11.5 Å². The summed E-state index contributed by atoms with van der Waals surface area (Å²) in [6.07, 6.45) is -4.56. The Balaban J connectivity index is 1.80. The SMILES string of the molecule is COc1ccc(C(=O)Nc2cc(C(F)(F)F)ccc2Cl)cc1COc1ccc(Cl)cc1. The zero-order valence-corrected chi connectivity index (χ0v) is 17.6. The average Bonchev–Trinajstić information content (AvgIpc) is 2.73. The maximum Gasteiger partial charge on any atom is 0.416 e. The summed E-state index contributed by atoms with van der Waals surface area (Å²) in [5, 5.41) is 2.97. The van der Waals surface area contributed by atoms with Gasteiger partial charge in [-0.1, -0.05) is 23.2 Å². The molecule has 0 fully saturated rings. The Morgan fingerprint density at radius 3 is 2.35 bits per heavy atom. The van der Waals surface area contributed by atoms with E-state index in [1.165, 1.54) is 19.2 Å². The number of rotatable bonds is 6. The summed E-state index contributed by atoms with van der Waals surface area (Å²) < 4.78 is 49.9. The van der Waals surface area contributed by atoms with E-state index in [9.17, 15) is 18.0 Å². The number of alkyl halides is 3. The molecule has 0 atom stereocenters. The fourth-order valence-electron chi connectivity index (χ4n) is 2.72. The lowest BCUT2D eigenvalue weighted by molar-refractivity contribution is -0.137. The number of methoxy groups -OCH3 is 1. The van der Waals surface area contributed by atoms with Crippen LogP contribution in [0.1, 0.15) is 21.5 Å². The van der Waals surface area contributed by atoms with Crippen molar-refractivity contribution in [3.05, 3.63) is 87.4 Å². The number of carbonyl (C=O) groups is 1. The molecule has 0 aromatic heterocycles. The van der Waals surface area contributed by atoms with Crippen LogP contribution in [0.3, 0.4) is 0 Å². The van der Waals surface area contributed by atoms with Crippen LogP contribution in [0.4, 0.5) is 18.9 Å². The normalized spacial score (nSPS) is 11.2. The molecule has 0 aliphatic carbocycles. The Morgan fingerprint density at radius 2 is 1.71 bits per heavy atom. The van der Waals surface area contributed by atoms with Crippen molar-refractivity contribution < 1.29 is 27.4 Å². The lowest BCUT2D eigenvalue weighted by Crippen LogP contribution is -2.14. The Bertz CT molecular complexity index is 1090. The Labute approximate surface area is 186 Å². The maximum atomic E-state index is 13.0. The summed E-state index contributed by atoms with van der Waals surface area (Å²) >= 11 is 11.8. The molecule has 4 nitrogen and oxygen atoms in total. The number of nitrogens with one attached hydrogen (secondary N) is 1. The van der Waals surface area contributed by atoms with Crippen LogP contribution < -0.4 is 14.8 Å². The average molecular weight is 470 g/mol. The fraction of sp³-hybridized carbons (Fsp3) is 0.136. The Morgan fingerprint density at radius 1 is 1.00 bits per heavy atom. The van der Waals surface area contributed by atoms with Crippen LogP contribution in [0.15, 0.2) is 60.7 Å². The second-order valence-corrected chi connectivity index (χ2v) is 7.26. The zero-order chi connectivity index (χ0) is 22.6. The third kappa shape index (κ3) is 5.83. The van der Waals surface area contributed by atoms with Crippen LogP contribution >= 0.6 is 23.2 Å². The number of carbonyl (C=O) groups excluding carboxylic acids is 1. The van der Waals surface area contributed by atoms with Gasteiger partial charge in [-0.15, -0.1) is 0 Å². The van der Waals surface area contributed by atoms with Crippen molar-refractivity contribution in [1.82, 2.24) is 0 Å². The van der Waals surface area contributed by atoms with Gasteiger partial charge in [-0.2, -0.15) is 13.2 Å². The molecule has 3 aromatic rings. The third-order valence-corrected chi connectivity index (χ3v) is 4.87. The lowest BCUT2D eigenvalue weighted by Gasteiger charge is -2.14. The van der Waals surface area contributed by atoms with E-state index < -0.39 is 17.6 Å². The van der Waals surface area contributed by atoms with Gasteiger partial charge in [-0.25, -0.2) is 0 Å². The molecule has 162 valence electrons. The summed E-state index contributed by atoms with van der Waals surface area (Å²) in [6, 6.07) is 14.1. The predicted octanol–water partition coefficient (Wildman–Crippen LogP) is 6.85. The number of hydrogen-bond donors (Lipinski definition) is 1. The molecule has 31 heavy (non-hydrogen) atoms. The van der Waals surface area contributed by atoms with Crippen LogP contribution in [0.2, 0.25) is 10.0 Å². The minimum absolute atomic E-state index is 0.0128. The predicted molar refractivity (Wildman–Crippen MR) is 113 cm³/mol. The standard InChI is InChI=1S/C22H16Cl2F3NO3/c1-30-20-9-2-13(10-14(20)12-31-17-6-4-16(23)5-7-17)21(29)28-19-11-15(22(25,26)27)3-8-18(19)24/h2-11H,12H2,1H3,(H,28,29). The number of halogens is 5. The monoisotopic (exact) mass is 469 g/mol. The van der Waals surface area contributed by atoms with Gasteiger partial charge in [0.1, 0.15) is 18.1 Å². The Kier molecular flexibility index (Phi) is 6.97. The van der Waals surface area contributed by atoms with Gasteiger partial charge < -0.3 is 14.8 Å². The van der Waals surface area contributed by atoms with Crippen molar-refractivity contribution in [3.63, 3.8) is 0 Å². The molecule has 0 spiro atoms. The van der Waals surface area contributed by atoms with Crippen molar-refractivity contribution in [2.75, 3.05) is 12.4 Å². The van der Waals surface area contributed by atoms with Gasteiger partial charge in [0, 0.05) is 16.1 Å². The first-order chi connectivity index (χ1) is 14.7. The van der Waals surface area contributed by atoms with E-state index >= 15 is 0 Å². The molecule has 0 heterocycles. The van der Waals surface area contributed by atoms with Crippen LogP contribution in [-0.2, 0) is 12.8 Å². The minimum atomic E-state index is -4.56. The quantitative estimate of drug-likeness (QED) is 0.429. The molecule has 0 aliphatic heterocycles. The van der Waals surface area contributed by atoms with Crippen LogP contribution in [-0.4, -0.2) is 13.0 Å². The van der Waals surface area contributed by atoms with Crippen LogP contribution in [0.5, 0.6) is 11.5 Å². The number of hydrogen-bond acceptors (Lipinski definition) is 3. The second kappa shape index (κ2) is 9.49. The van der Waals surface area contributed by atoms with Crippen molar-refractivity contribution in [2.24, 2.45) is 0 Å². The molecule has 0 saturated heterocycles. The first-order valence-electron chi connectivity index (χ1n) is 8.91. The van der Waals surface area contributed by atoms with E-state index in [0.717, 1.165) is 18.2 Å². The number of amides is 1. The second-order valence-electron chi connectivity index (χ2n) is 6.42. The molecule has 1 amide bonds. The van der Waals surface area contributed by atoms with E-state index in [0.29, 0.717) is 22.1 Å². The molecule has 0 unspecified atom stereocenters. The highest BCUT2D eigenvalue weighted by Crippen LogP contribution is 2.34. The van der Waals surface area contributed by atoms with Gasteiger partial charge in [-0.3, -0.25) is 4.79 Å². The van der Waals surface area contributed by atoms with Gasteiger partial charge >= 0.3 is 6.18 Å². The number of benzene rings is 3. The summed E-state index contributed by atoms with van der Waals surface area (Å²) in [6.45, 7) is 0.0935. The van der Waals surface area contributed by atoms with E-state index in [2.05, 4.69) is 5.32 Å².